The van der Waals surface area contributed by atoms with Crippen molar-refractivity contribution in [2.75, 3.05) is 17.8 Å². The van der Waals surface area contributed by atoms with Crippen molar-refractivity contribution < 1.29 is 8.42 Å². The fourth-order valence-corrected chi connectivity index (χ4v) is 3.16. The summed E-state index contributed by atoms with van der Waals surface area (Å²) in [5.74, 6) is 0.719. The fraction of sp³-hybridized carbons (Fsp3) is 0.375. The van der Waals surface area contributed by atoms with Gasteiger partial charge in [-0.15, -0.1) is 11.8 Å². The summed E-state index contributed by atoms with van der Waals surface area (Å²) >= 11 is 7.13. The fourth-order valence-electron chi connectivity index (χ4n) is 0.785. The van der Waals surface area contributed by atoms with Gasteiger partial charge >= 0.3 is 0 Å². The maximum absolute atomic E-state index is 10.8. The molecule has 78 valence electrons. The van der Waals surface area contributed by atoms with Crippen LogP contribution < -0.4 is 0 Å². The van der Waals surface area contributed by atoms with Gasteiger partial charge in [0, 0.05) is 23.1 Å². The number of hydrogen-bond donors (Lipinski definition) is 0. The van der Waals surface area contributed by atoms with E-state index in [0.29, 0.717) is 10.9 Å². The molecule has 0 spiro atoms. The second-order valence-electron chi connectivity index (χ2n) is 2.79. The summed E-state index contributed by atoms with van der Waals surface area (Å²) in [6.45, 7) is 0. The lowest BCUT2D eigenvalue weighted by atomic mass is 10.5. The second kappa shape index (κ2) is 5.00. The lowest BCUT2D eigenvalue weighted by Gasteiger charge is -2.00. The Morgan fingerprint density at radius 2 is 2.29 bits per heavy atom. The number of rotatable bonds is 4. The Morgan fingerprint density at radius 3 is 2.86 bits per heavy atom. The van der Waals surface area contributed by atoms with Crippen molar-refractivity contribution in [1.29, 1.82) is 0 Å². The normalized spacial score (nSPS) is 11.6. The molecule has 0 saturated carbocycles. The predicted molar refractivity (Wildman–Crippen MR) is 59.7 cm³/mol. The minimum absolute atomic E-state index is 0.178. The molecule has 0 unspecified atom stereocenters. The molecular formula is C8H10ClNO2S2. The predicted octanol–water partition coefficient (Wildman–Crippen LogP) is 1.87. The van der Waals surface area contributed by atoms with Crippen molar-refractivity contribution in [3.8, 4) is 0 Å². The Labute approximate surface area is 92.8 Å². The van der Waals surface area contributed by atoms with Crippen LogP contribution in [0.15, 0.2) is 23.2 Å². The summed E-state index contributed by atoms with van der Waals surface area (Å²) in [5.41, 5.74) is 0. The van der Waals surface area contributed by atoms with E-state index in [4.69, 9.17) is 11.6 Å². The van der Waals surface area contributed by atoms with Gasteiger partial charge in [0.25, 0.3) is 0 Å². The molecule has 1 aromatic rings. The van der Waals surface area contributed by atoms with Gasteiger partial charge < -0.3 is 0 Å². The minimum Gasteiger partial charge on any atom is -0.244 e. The van der Waals surface area contributed by atoms with Gasteiger partial charge in [0.15, 0.2) is 0 Å². The van der Waals surface area contributed by atoms with E-state index >= 15 is 0 Å². The molecule has 0 aliphatic heterocycles. The molecule has 0 saturated heterocycles. The third kappa shape index (κ3) is 4.83. The lowest BCUT2D eigenvalue weighted by Crippen LogP contribution is -2.04. The molecule has 6 heteroatoms. The van der Waals surface area contributed by atoms with Crippen LogP contribution in [-0.2, 0) is 9.84 Å². The van der Waals surface area contributed by atoms with E-state index < -0.39 is 9.84 Å². The van der Waals surface area contributed by atoms with Crippen LogP contribution in [0.4, 0.5) is 0 Å². The van der Waals surface area contributed by atoms with Crippen LogP contribution in [0.5, 0.6) is 0 Å². The Balaban J connectivity index is 2.47. The van der Waals surface area contributed by atoms with E-state index in [1.807, 2.05) is 0 Å². The highest BCUT2D eigenvalue weighted by molar-refractivity contribution is 8.00. The van der Waals surface area contributed by atoms with E-state index in [-0.39, 0.29) is 5.75 Å². The molecule has 0 amide bonds. The van der Waals surface area contributed by atoms with Crippen LogP contribution in [0, 0.1) is 0 Å². The van der Waals surface area contributed by atoms with E-state index in [1.165, 1.54) is 18.0 Å². The number of sulfone groups is 1. The van der Waals surface area contributed by atoms with Gasteiger partial charge in [-0.3, -0.25) is 0 Å². The average molecular weight is 252 g/mol. The molecule has 0 atom stereocenters. The lowest BCUT2D eigenvalue weighted by molar-refractivity contribution is 0.603. The van der Waals surface area contributed by atoms with Crippen molar-refractivity contribution in [3.05, 3.63) is 23.5 Å². The average Bonchev–Trinajstić information content (AvgIpc) is 2.01. The Hall–Kier alpha value is -0.260. The van der Waals surface area contributed by atoms with Gasteiger partial charge in [0.05, 0.1) is 5.75 Å². The van der Waals surface area contributed by atoms with Crippen molar-refractivity contribution in [2.24, 2.45) is 0 Å². The SMILES string of the molecule is CS(=O)(=O)CCSc1ccnc(Cl)c1. The van der Waals surface area contributed by atoms with Gasteiger partial charge in [-0.2, -0.15) is 0 Å². The van der Waals surface area contributed by atoms with Crippen LogP contribution in [0.1, 0.15) is 0 Å². The molecule has 14 heavy (non-hydrogen) atoms. The van der Waals surface area contributed by atoms with Crippen LogP contribution in [-0.4, -0.2) is 31.2 Å². The summed E-state index contributed by atoms with van der Waals surface area (Å²) in [5, 5.41) is 0.425. The molecule has 1 rings (SSSR count). The first-order valence-corrected chi connectivity index (χ1v) is 7.32. The Morgan fingerprint density at radius 1 is 1.57 bits per heavy atom. The molecule has 1 aromatic heterocycles. The van der Waals surface area contributed by atoms with E-state index in [1.54, 1.807) is 18.3 Å². The molecule has 0 bridgehead atoms. The number of hydrogen-bond acceptors (Lipinski definition) is 4. The van der Waals surface area contributed by atoms with Gasteiger partial charge in [0.1, 0.15) is 15.0 Å². The molecule has 0 N–H and O–H groups in total. The zero-order valence-electron chi connectivity index (χ0n) is 7.60. The van der Waals surface area contributed by atoms with Crippen molar-refractivity contribution in [3.63, 3.8) is 0 Å². The first kappa shape index (κ1) is 11.8. The second-order valence-corrected chi connectivity index (χ2v) is 6.61. The highest BCUT2D eigenvalue weighted by atomic mass is 35.5. The molecular weight excluding hydrogens is 242 g/mol. The third-order valence-electron chi connectivity index (χ3n) is 1.42. The van der Waals surface area contributed by atoms with Crippen LogP contribution in [0.3, 0.4) is 0 Å². The van der Waals surface area contributed by atoms with Crippen LogP contribution >= 0.6 is 23.4 Å². The van der Waals surface area contributed by atoms with Gasteiger partial charge in [-0.25, -0.2) is 13.4 Å². The van der Waals surface area contributed by atoms with Crippen molar-refractivity contribution in [1.82, 2.24) is 4.98 Å². The molecule has 0 aliphatic carbocycles. The van der Waals surface area contributed by atoms with Crippen molar-refractivity contribution in [2.45, 2.75) is 4.90 Å². The first-order chi connectivity index (χ1) is 6.47. The number of aromatic nitrogens is 1. The molecule has 0 radical (unpaired) electrons. The quantitative estimate of drug-likeness (QED) is 0.606. The summed E-state index contributed by atoms with van der Waals surface area (Å²) in [4.78, 5) is 4.77. The molecule has 0 aliphatic rings. The highest BCUT2D eigenvalue weighted by Gasteiger charge is 2.02. The molecule has 1 heterocycles. The van der Waals surface area contributed by atoms with Gasteiger partial charge in [-0.1, -0.05) is 11.6 Å². The smallest absolute Gasteiger partial charge is 0.148 e. The summed E-state index contributed by atoms with van der Waals surface area (Å²) in [6, 6.07) is 3.52. The monoisotopic (exact) mass is 251 g/mol. The van der Waals surface area contributed by atoms with E-state index in [0.717, 1.165) is 4.90 Å². The zero-order valence-corrected chi connectivity index (χ0v) is 9.99. The maximum atomic E-state index is 10.8. The minimum atomic E-state index is -2.87. The number of nitrogens with zero attached hydrogens (tertiary/aromatic N) is 1. The van der Waals surface area contributed by atoms with Crippen LogP contribution in [0.25, 0.3) is 0 Å². The zero-order chi connectivity index (χ0) is 10.6. The Bertz CT molecular complexity index is 406. The number of pyridine rings is 1. The first-order valence-electron chi connectivity index (χ1n) is 3.89. The van der Waals surface area contributed by atoms with Crippen LogP contribution in [0.2, 0.25) is 5.15 Å². The number of halogens is 1. The number of thioether (sulfide) groups is 1. The topological polar surface area (TPSA) is 47.0 Å². The largest absolute Gasteiger partial charge is 0.244 e. The van der Waals surface area contributed by atoms with Crippen molar-refractivity contribution >= 4 is 33.2 Å². The van der Waals surface area contributed by atoms with Gasteiger partial charge in [0.2, 0.25) is 0 Å². The Kier molecular flexibility index (Phi) is 4.22. The maximum Gasteiger partial charge on any atom is 0.148 e. The van der Waals surface area contributed by atoms with E-state index in [9.17, 15) is 8.42 Å². The molecule has 0 aromatic carbocycles. The van der Waals surface area contributed by atoms with Gasteiger partial charge in [-0.05, 0) is 12.1 Å². The third-order valence-corrected chi connectivity index (χ3v) is 3.83. The molecule has 3 nitrogen and oxygen atoms in total. The summed E-state index contributed by atoms with van der Waals surface area (Å²) in [6.07, 6.45) is 2.83. The summed E-state index contributed by atoms with van der Waals surface area (Å²) in [7, 11) is -2.87. The summed E-state index contributed by atoms with van der Waals surface area (Å²) < 4.78 is 21.7. The highest BCUT2D eigenvalue weighted by Crippen LogP contribution is 2.19. The standard InChI is InChI=1S/C8H10ClNO2S2/c1-14(11,12)5-4-13-7-2-3-10-8(9)6-7/h2-3,6H,4-5H2,1H3. The molecule has 0 fully saturated rings. The van der Waals surface area contributed by atoms with E-state index in [2.05, 4.69) is 4.98 Å².